The second-order valence-corrected chi connectivity index (χ2v) is 6.47. The van der Waals surface area contributed by atoms with Gasteiger partial charge in [0.2, 0.25) is 5.24 Å². The summed E-state index contributed by atoms with van der Waals surface area (Å²) in [6.07, 6.45) is 2.97. The Kier molecular flexibility index (Phi) is 4.46. The third-order valence-corrected chi connectivity index (χ3v) is 4.88. The summed E-state index contributed by atoms with van der Waals surface area (Å²) in [7, 11) is 0. The van der Waals surface area contributed by atoms with Gasteiger partial charge in [-0.05, 0) is 40.9 Å². The minimum Gasteiger partial charge on any atom is -0.293 e. The standard InChI is InChI=1S/C18H13ClO2S/c19-17(20)9-7-12-6-8-14-16(10-12)22-11-15(18(14)21)13-4-2-1-3-5-13/h1-10,15H,11H2/b9-7+. The molecule has 22 heavy (non-hydrogen) atoms. The van der Waals surface area contributed by atoms with Crippen LogP contribution in [0.15, 0.2) is 59.5 Å². The van der Waals surface area contributed by atoms with Crippen LogP contribution >= 0.6 is 23.4 Å². The zero-order valence-corrected chi connectivity index (χ0v) is 13.2. The number of carbonyl (C=O) groups excluding carboxylic acids is 2. The number of carbonyl (C=O) groups is 2. The Morgan fingerprint density at radius 1 is 1.18 bits per heavy atom. The largest absolute Gasteiger partial charge is 0.293 e. The predicted octanol–water partition coefficient (Wildman–Crippen LogP) is 4.54. The molecule has 0 amide bonds. The van der Waals surface area contributed by atoms with Crippen molar-refractivity contribution in [3.05, 3.63) is 71.3 Å². The van der Waals surface area contributed by atoms with Gasteiger partial charge in [-0.25, -0.2) is 0 Å². The second kappa shape index (κ2) is 6.51. The number of fused-ring (bicyclic) bond motifs is 1. The summed E-state index contributed by atoms with van der Waals surface area (Å²) in [4.78, 5) is 24.4. The molecule has 0 radical (unpaired) electrons. The molecule has 1 aliphatic rings. The van der Waals surface area contributed by atoms with Gasteiger partial charge >= 0.3 is 0 Å². The van der Waals surface area contributed by atoms with Crippen molar-refractivity contribution in [1.29, 1.82) is 0 Å². The number of ketones is 1. The fraction of sp³-hybridized carbons (Fsp3) is 0.111. The summed E-state index contributed by atoms with van der Waals surface area (Å²) in [6.45, 7) is 0. The summed E-state index contributed by atoms with van der Waals surface area (Å²) < 4.78 is 0. The topological polar surface area (TPSA) is 34.1 Å². The van der Waals surface area contributed by atoms with Crippen LogP contribution in [0, 0.1) is 0 Å². The normalized spacial score (nSPS) is 17.5. The first kappa shape index (κ1) is 15.1. The van der Waals surface area contributed by atoms with Crippen molar-refractivity contribution < 1.29 is 9.59 Å². The quantitative estimate of drug-likeness (QED) is 0.613. The molecule has 2 nitrogen and oxygen atoms in total. The minimum absolute atomic E-state index is 0.0930. The molecule has 110 valence electrons. The van der Waals surface area contributed by atoms with Crippen LogP contribution in [-0.2, 0) is 4.79 Å². The van der Waals surface area contributed by atoms with Crippen LogP contribution in [-0.4, -0.2) is 16.8 Å². The summed E-state index contributed by atoms with van der Waals surface area (Å²) in [5, 5.41) is -0.509. The Labute approximate surface area is 138 Å². The highest BCUT2D eigenvalue weighted by Crippen LogP contribution is 2.38. The van der Waals surface area contributed by atoms with E-state index in [-0.39, 0.29) is 11.7 Å². The summed E-state index contributed by atoms with van der Waals surface area (Å²) in [5.74, 6) is 0.797. The van der Waals surface area contributed by atoms with Gasteiger partial charge < -0.3 is 0 Å². The van der Waals surface area contributed by atoms with Crippen molar-refractivity contribution in [2.75, 3.05) is 5.75 Å². The van der Waals surface area contributed by atoms with Gasteiger partial charge in [0.25, 0.3) is 0 Å². The summed E-state index contributed by atoms with van der Waals surface area (Å²) in [5.41, 5.74) is 2.67. The van der Waals surface area contributed by atoms with Gasteiger partial charge in [0, 0.05) is 16.2 Å². The van der Waals surface area contributed by atoms with Crippen molar-refractivity contribution in [3.8, 4) is 0 Å². The van der Waals surface area contributed by atoms with E-state index in [0.717, 1.165) is 27.3 Å². The monoisotopic (exact) mass is 328 g/mol. The van der Waals surface area contributed by atoms with Crippen LogP contribution in [0.3, 0.4) is 0 Å². The van der Waals surface area contributed by atoms with E-state index >= 15 is 0 Å². The van der Waals surface area contributed by atoms with Crippen molar-refractivity contribution in [1.82, 2.24) is 0 Å². The number of Topliss-reactive ketones (excluding diaryl/α,β-unsaturated/α-hetero) is 1. The van der Waals surface area contributed by atoms with Gasteiger partial charge in [-0.15, -0.1) is 11.8 Å². The van der Waals surface area contributed by atoms with Crippen molar-refractivity contribution >= 4 is 40.5 Å². The lowest BCUT2D eigenvalue weighted by Gasteiger charge is -2.23. The predicted molar refractivity (Wildman–Crippen MR) is 90.6 cm³/mol. The van der Waals surface area contributed by atoms with E-state index < -0.39 is 5.24 Å². The van der Waals surface area contributed by atoms with Crippen LogP contribution in [0.5, 0.6) is 0 Å². The molecule has 2 aromatic carbocycles. The molecular weight excluding hydrogens is 316 g/mol. The van der Waals surface area contributed by atoms with E-state index in [1.165, 1.54) is 6.08 Å². The fourth-order valence-corrected chi connectivity index (χ4v) is 3.79. The number of hydrogen-bond acceptors (Lipinski definition) is 3. The van der Waals surface area contributed by atoms with Crippen LogP contribution in [0.1, 0.15) is 27.4 Å². The highest BCUT2D eigenvalue weighted by molar-refractivity contribution is 7.99. The number of halogens is 1. The molecular formula is C18H13ClO2S. The van der Waals surface area contributed by atoms with E-state index in [0.29, 0.717) is 0 Å². The van der Waals surface area contributed by atoms with Crippen molar-refractivity contribution in [2.24, 2.45) is 0 Å². The molecule has 0 saturated heterocycles. The average molecular weight is 329 g/mol. The Balaban J connectivity index is 1.89. The number of allylic oxidation sites excluding steroid dienone is 1. The summed E-state index contributed by atoms with van der Waals surface area (Å²) >= 11 is 6.97. The molecule has 0 N–H and O–H groups in total. The molecule has 4 heteroatoms. The fourth-order valence-electron chi connectivity index (χ4n) is 2.50. The molecule has 0 fully saturated rings. The number of thioether (sulfide) groups is 1. The minimum atomic E-state index is -0.509. The van der Waals surface area contributed by atoms with Crippen molar-refractivity contribution in [2.45, 2.75) is 10.8 Å². The lowest BCUT2D eigenvalue weighted by Crippen LogP contribution is -2.20. The molecule has 0 saturated carbocycles. The molecule has 1 atom stereocenters. The highest BCUT2D eigenvalue weighted by Gasteiger charge is 2.28. The molecule has 0 spiro atoms. The maximum absolute atomic E-state index is 12.7. The Morgan fingerprint density at radius 2 is 1.95 bits per heavy atom. The van der Waals surface area contributed by atoms with E-state index in [1.807, 2.05) is 48.5 Å². The zero-order valence-electron chi connectivity index (χ0n) is 11.7. The van der Waals surface area contributed by atoms with Gasteiger partial charge in [0.15, 0.2) is 5.78 Å². The van der Waals surface area contributed by atoms with E-state index in [4.69, 9.17) is 11.6 Å². The lowest BCUT2D eigenvalue weighted by atomic mass is 9.91. The van der Waals surface area contributed by atoms with Gasteiger partial charge in [-0.2, -0.15) is 0 Å². The van der Waals surface area contributed by atoms with Gasteiger partial charge in [0.1, 0.15) is 0 Å². The Hall–Kier alpha value is -1.84. The highest BCUT2D eigenvalue weighted by atomic mass is 35.5. The van der Waals surface area contributed by atoms with Gasteiger partial charge in [-0.3, -0.25) is 9.59 Å². The Morgan fingerprint density at radius 3 is 2.68 bits per heavy atom. The summed E-state index contributed by atoms with van der Waals surface area (Å²) in [6, 6.07) is 15.5. The van der Waals surface area contributed by atoms with Gasteiger partial charge in [-0.1, -0.05) is 42.5 Å². The zero-order chi connectivity index (χ0) is 15.5. The van der Waals surface area contributed by atoms with Crippen LogP contribution < -0.4 is 0 Å². The van der Waals surface area contributed by atoms with Crippen LogP contribution in [0.4, 0.5) is 0 Å². The maximum Gasteiger partial charge on any atom is 0.245 e. The van der Waals surface area contributed by atoms with Crippen molar-refractivity contribution in [3.63, 3.8) is 0 Å². The van der Waals surface area contributed by atoms with Gasteiger partial charge in [0.05, 0.1) is 5.92 Å². The number of hydrogen-bond donors (Lipinski definition) is 0. The first-order valence-corrected chi connectivity index (χ1v) is 8.25. The SMILES string of the molecule is O=C(Cl)/C=C/c1ccc2c(c1)SCC(c1ccccc1)C2=O. The molecule has 0 bridgehead atoms. The van der Waals surface area contributed by atoms with E-state index in [9.17, 15) is 9.59 Å². The van der Waals surface area contributed by atoms with Crippen LogP contribution in [0.2, 0.25) is 0 Å². The second-order valence-electron chi connectivity index (χ2n) is 5.03. The first-order chi connectivity index (χ1) is 10.6. The molecule has 1 unspecified atom stereocenters. The molecule has 1 heterocycles. The molecule has 3 rings (SSSR count). The molecule has 2 aromatic rings. The Bertz CT molecular complexity index is 753. The maximum atomic E-state index is 12.7. The van der Waals surface area contributed by atoms with E-state index in [1.54, 1.807) is 17.8 Å². The average Bonchev–Trinajstić information content (AvgIpc) is 2.54. The third-order valence-electron chi connectivity index (χ3n) is 3.60. The first-order valence-electron chi connectivity index (χ1n) is 6.89. The van der Waals surface area contributed by atoms with E-state index in [2.05, 4.69) is 0 Å². The molecule has 0 aliphatic carbocycles. The number of benzene rings is 2. The number of rotatable bonds is 3. The molecule has 0 aromatic heterocycles. The lowest BCUT2D eigenvalue weighted by molar-refractivity contribution is -0.107. The molecule has 1 aliphatic heterocycles. The smallest absolute Gasteiger partial charge is 0.245 e. The van der Waals surface area contributed by atoms with Crippen LogP contribution in [0.25, 0.3) is 6.08 Å². The third kappa shape index (κ3) is 3.16.